The zero-order valence-electron chi connectivity index (χ0n) is 16.0. The van der Waals surface area contributed by atoms with Crippen LogP contribution in [-0.4, -0.2) is 24.4 Å². The molecule has 30 heavy (non-hydrogen) atoms. The van der Waals surface area contributed by atoms with Crippen LogP contribution in [-0.2, 0) is 14.3 Å². The van der Waals surface area contributed by atoms with Gasteiger partial charge in [0.1, 0.15) is 11.3 Å². The molecule has 0 aliphatic carbocycles. The lowest BCUT2D eigenvalue weighted by atomic mass is 10.2. The van der Waals surface area contributed by atoms with E-state index in [2.05, 4.69) is 10.6 Å². The Labute approximate surface area is 170 Å². The molecule has 0 spiro atoms. The number of hydrogen-bond acceptors (Lipinski definition) is 5. The Morgan fingerprint density at radius 2 is 1.77 bits per heavy atom. The maximum atomic E-state index is 13.4. The summed E-state index contributed by atoms with van der Waals surface area (Å²) in [6.07, 6.45) is -0.269. The number of carbonyl (C=O) groups is 3. The largest absolute Gasteiger partial charge is 0.466 e. The van der Waals surface area contributed by atoms with Gasteiger partial charge in [0.2, 0.25) is 11.7 Å². The summed E-state index contributed by atoms with van der Waals surface area (Å²) in [6.45, 7) is 1.87. The van der Waals surface area contributed by atoms with Gasteiger partial charge < -0.3 is 19.8 Å². The van der Waals surface area contributed by atoms with E-state index in [-0.39, 0.29) is 36.6 Å². The van der Waals surface area contributed by atoms with Crippen LogP contribution in [0, 0.1) is 11.6 Å². The molecule has 3 rings (SSSR count). The summed E-state index contributed by atoms with van der Waals surface area (Å²) in [5.74, 6) is -4.18. The normalized spacial score (nSPS) is 10.6. The molecule has 0 aliphatic rings. The number of nitrogens with one attached hydrogen (secondary N) is 2. The zero-order chi connectivity index (χ0) is 21.7. The molecule has 0 radical (unpaired) electrons. The van der Waals surface area contributed by atoms with Crippen LogP contribution < -0.4 is 10.6 Å². The van der Waals surface area contributed by atoms with Crippen molar-refractivity contribution in [2.45, 2.75) is 19.8 Å². The first kappa shape index (κ1) is 21.0. The van der Waals surface area contributed by atoms with E-state index < -0.39 is 29.4 Å². The first-order valence-electron chi connectivity index (χ1n) is 9.12. The molecule has 1 heterocycles. The van der Waals surface area contributed by atoms with Crippen molar-refractivity contribution in [3.8, 4) is 0 Å². The number of anilines is 2. The molecule has 0 unspecified atom stereocenters. The molecule has 0 saturated carbocycles. The van der Waals surface area contributed by atoms with Gasteiger partial charge in [-0.15, -0.1) is 0 Å². The van der Waals surface area contributed by atoms with Gasteiger partial charge >= 0.3 is 5.97 Å². The molecule has 2 amide bonds. The summed E-state index contributed by atoms with van der Waals surface area (Å²) in [5, 5.41) is 5.46. The van der Waals surface area contributed by atoms with Crippen LogP contribution in [0.3, 0.4) is 0 Å². The topological polar surface area (TPSA) is 97.6 Å². The SMILES string of the molecule is CCOC(=O)CCC(=O)Nc1c(C(=O)Nc2ccc(F)c(F)c2)oc2ccccc12. The Bertz CT molecular complexity index is 1110. The van der Waals surface area contributed by atoms with Crippen LogP contribution in [0.1, 0.15) is 30.3 Å². The Hall–Kier alpha value is -3.75. The maximum absolute atomic E-state index is 13.4. The number of benzene rings is 2. The lowest BCUT2D eigenvalue weighted by Gasteiger charge is -2.08. The third kappa shape index (κ3) is 4.80. The molecule has 2 N–H and O–H groups in total. The fourth-order valence-electron chi connectivity index (χ4n) is 2.74. The van der Waals surface area contributed by atoms with Gasteiger partial charge in [-0.2, -0.15) is 0 Å². The van der Waals surface area contributed by atoms with Crippen LogP contribution in [0.4, 0.5) is 20.2 Å². The number of furan rings is 1. The van der Waals surface area contributed by atoms with Gasteiger partial charge in [0, 0.05) is 23.6 Å². The molecule has 2 aromatic carbocycles. The van der Waals surface area contributed by atoms with E-state index >= 15 is 0 Å². The van der Waals surface area contributed by atoms with Gasteiger partial charge in [-0.1, -0.05) is 12.1 Å². The lowest BCUT2D eigenvalue weighted by Crippen LogP contribution is -2.18. The van der Waals surface area contributed by atoms with Crippen LogP contribution in [0.15, 0.2) is 46.9 Å². The number of carbonyl (C=O) groups excluding carboxylic acids is 3. The van der Waals surface area contributed by atoms with E-state index in [1.807, 2.05) is 0 Å². The van der Waals surface area contributed by atoms with E-state index in [0.29, 0.717) is 11.0 Å². The van der Waals surface area contributed by atoms with Crippen molar-refractivity contribution in [1.29, 1.82) is 0 Å². The molecule has 156 valence electrons. The predicted octanol–water partition coefficient (Wildman–Crippen LogP) is 4.25. The number of esters is 1. The second-order valence-electron chi connectivity index (χ2n) is 6.24. The number of para-hydroxylation sites is 1. The van der Waals surface area contributed by atoms with Crippen molar-refractivity contribution in [1.82, 2.24) is 0 Å². The van der Waals surface area contributed by atoms with Crippen molar-refractivity contribution < 1.29 is 32.3 Å². The first-order valence-corrected chi connectivity index (χ1v) is 9.12. The maximum Gasteiger partial charge on any atom is 0.306 e. The van der Waals surface area contributed by atoms with Gasteiger partial charge in [-0.3, -0.25) is 14.4 Å². The molecule has 0 atom stereocenters. The highest BCUT2D eigenvalue weighted by Crippen LogP contribution is 2.31. The highest BCUT2D eigenvalue weighted by molar-refractivity contribution is 6.14. The number of halogens is 2. The van der Waals surface area contributed by atoms with Gasteiger partial charge in [0.05, 0.1) is 13.0 Å². The van der Waals surface area contributed by atoms with Gasteiger partial charge in [0.25, 0.3) is 5.91 Å². The monoisotopic (exact) mass is 416 g/mol. The van der Waals surface area contributed by atoms with E-state index in [4.69, 9.17) is 9.15 Å². The third-order valence-corrected chi connectivity index (χ3v) is 4.11. The smallest absolute Gasteiger partial charge is 0.306 e. The molecule has 0 fully saturated rings. The second-order valence-corrected chi connectivity index (χ2v) is 6.24. The van der Waals surface area contributed by atoms with Crippen LogP contribution >= 0.6 is 0 Å². The highest BCUT2D eigenvalue weighted by Gasteiger charge is 2.23. The van der Waals surface area contributed by atoms with E-state index in [0.717, 1.165) is 12.1 Å². The molecule has 1 aromatic heterocycles. The third-order valence-electron chi connectivity index (χ3n) is 4.11. The molecule has 0 bridgehead atoms. The Balaban J connectivity index is 1.83. The first-order chi connectivity index (χ1) is 14.4. The number of fused-ring (bicyclic) bond motifs is 1. The Morgan fingerprint density at radius 1 is 1.00 bits per heavy atom. The quantitative estimate of drug-likeness (QED) is 0.562. The Morgan fingerprint density at radius 3 is 2.50 bits per heavy atom. The van der Waals surface area contributed by atoms with E-state index in [9.17, 15) is 23.2 Å². The Kier molecular flexibility index (Phi) is 6.41. The van der Waals surface area contributed by atoms with E-state index in [1.165, 1.54) is 6.07 Å². The minimum Gasteiger partial charge on any atom is -0.466 e. The summed E-state index contributed by atoms with van der Waals surface area (Å²) >= 11 is 0. The predicted molar refractivity (Wildman–Crippen MR) is 105 cm³/mol. The minimum absolute atomic E-state index is 0.0129. The number of hydrogen-bond donors (Lipinski definition) is 2. The van der Waals surface area contributed by atoms with Crippen molar-refractivity contribution in [3.05, 3.63) is 59.9 Å². The van der Waals surface area contributed by atoms with Crippen LogP contribution in [0.2, 0.25) is 0 Å². The van der Waals surface area contributed by atoms with Crippen molar-refractivity contribution >= 4 is 40.1 Å². The number of rotatable bonds is 7. The highest BCUT2D eigenvalue weighted by atomic mass is 19.2. The molecule has 0 aliphatic heterocycles. The van der Waals surface area contributed by atoms with E-state index in [1.54, 1.807) is 31.2 Å². The average molecular weight is 416 g/mol. The summed E-state index contributed by atoms with van der Waals surface area (Å²) in [4.78, 5) is 36.4. The average Bonchev–Trinajstić information content (AvgIpc) is 3.08. The molecule has 9 heteroatoms. The summed E-state index contributed by atoms with van der Waals surface area (Å²) in [7, 11) is 0. The van der Waals surface area contributed by atoms with Crippen LogP contribution in [0.5, 0.6) is 0 Å². The number of ether oxygens (including phenoxy) is 1. The number of amides is 2. The lowest BCUT2D eigenvalue weighted by molar-refractivity contribution is -0.144. The van der Waals surface area contributed by atoms with Gasteiger partial charge in [0.15, 0.2) is 11.6 Å². The standard InChI is InChI=1S/C21H18F2N2O5/c1-2-29-18(27)10-9-17(26)25-19-13-5-3-4-6-16(13)30-20(19)21(28)24-12-7-8-14(22)15(23)11-12/h3-8,11H,2,9-10H2,1H3,(H,24,28)(H,25,26). The van der Waals surface area contributed by atoms with Crippen molar-refractivity contribution in [3.63, 3.8) is 0 Å². The molecular weight excluding hydrogens is 398 g/mol. The van der Waals surface area contributed by atoms with Crippen molar-refractivity contribution in [2.75, 3.05) is 17.2 Å². The summed E-state index contributed by atoms with van der Waals surface area (Å²) in [5.41, 5.74) is 0.465. The van der Waals surface area contributed by atoms with Crippen LogP contribution in [0.25, 0.3) is 11.0 Å². The fourth-order valence-corrected chi connectivity index (χ4v) is 2.74. The molecular formula is C21H18F2N2O5. The summed E-state index contributed by atoms with van der Waals surface area (Å²) < 4.78 is 36.9. The zero-order valence-corrected chi connectivity index (χ0v) is 16.0. The molecule has 0 saturated heterocycles. The van der Waals surface area contributed by atoms with Crippen molar-refractivity contribution in [2.24, 2.45) is 0 Å². The fraction of sp³-hybridized carbons (Fsp3) is 0.190. The molecule has 3 aromatic rings. The minimum atomic E-state index is -1.12. The van der Waals surface area contributed by atoms with Gasteiger partial charge in [-0.05, 0) is 31.2 Å². The second kappa shape index (κ2) is 9.17. The summed E-state index contributed by atoms with van der Waals surface area (Å²) in [6, 6.07) is 9.54. The van der Waals surface area contributed by atoms with Gasteiger partial charge in [-0.25, -0.2) is 8.78 Å². The molecule has 7 nitrogen and oxygen atoms in total.